The van der Waals surface area contributed by atoms with Gasteiger partial charge in [-0.3, -0.25) is 9.69 Å². The third-order valence-electron chi connectivity index (χ3n) is 5.26. The molecule has 3 heterocycles. The summed E-state index contributed by atoms with van der Waals surface area (Å²) >= 11 is 1.71. The molecule has 1 aliphatic rings. The number of pyridine rings is 1. The summed E-state index contributed by atoms with van der Waals surface area (Å²) in [5.74, 6) is 0.193. The molecule has 5 heteroatoms. The lowest BCUT2D eigenvalue weighted by molar-refractivity contribution is -0.139. The Morgan fingerprint density at radius 1 is 1.23 bits per heavy atom. The zero-order valence-corrected chi connectivity index (χ0v) is 16.2. The first-order chi connectivity index (χ1) is 12.5. The number of fused-ring (bicyclic) bond motifs is 1. The molecular weight excluding hydrogens is 342 g/mol. The molecule has 4 nitrogen and oxygen atoms in total. The van der Waals surface area contributed by atoms with Gasteiger partial charge in [0.05, 0.1) is 22.1 Å². The SMILES string of the molecule is Cc1cccc2cc(CN3CCN(C)C(=O)[C@H]3C)c(-c3cccs3)nc12. The standard InChI is InChI=1S/C21H23N3OS/c1-14-6-4-7-16-12-17(13-24-10-9-23(3)21(25)15(24)2)20(22-19(14)16)18-8-5-11-26-18/h4-8,11-12,15H,9-10,13H2,1-3H3/t15-/m1/s1. The molecule has 0 saturated carbocycles. The summed E-state index contributed by atoms with van der Waals surface area (Å²) in [5.41, 5.74) is 4.48. The van der Waals surface area contributed by atoms with Crippen LogP contribution in [0, 0.1) is 6.92 Å². The predicted molar refractivity (Wildman–Crippen MR) is 107 cm³/mol. The molecule has 1 amide bonds. The maximum atomic E-state index is 12.4. The van der Waals surface area contributed by atoms with E-state index >= 15 is 0 Å². The molecule has 0 N–H and O–H groups in total. The van der Waals surface area contributed by atoms with Gasteiger partial charge in [0.1, 0.15) is 0 Å². The van der Waals surface area contributed by atoms with Crippen molar-refractivity contribution in [1.29, 1.82) is 0 Å². The number of nitrogens with zero attached hydrogens (tertiary/aromatic N) is 3. The molecule has 0 spiro atoms. The molecule has 26 heavy (non-hydrogen) atoms. The summed E-state index contributed by atoms with van der Waals surface area (Å²) in [6, 6.07) is 12.6. The van der Waals surface area contributed by atoms with Crippen LogP contribution in [0.5, 0.6) is 0 Å². The lowest BCUT2D eigenvalue weighted by Gasteiger charge is -2.37. The van der Waals surface area contributed by atoms with Gasteiger partial charge in [-0.2, -0.15) is 0 Å². The number of piperazine rings is 1. The van der Waals surface area contributed by atoms with E-state index in [1.54, 1.807) is 11.3 Å². The molecule has 134 valence electrons. The van der Waals surface area contributed by atoms with Gasteiger partial charge in [-0.1, -0.05) is 24.3 Å². The van der Waals surface area contributed by atoms with Crippen LogP contribution in [-0.4, -0.2) is 46.9 Å². The number of rotatable bonds is 3. The number of amides is 1. The fourth-order valence-corrected chi connectivity index (χ4v) is 4.38. The minimum atomic E-state index is -0.0989. The summed E-state index contributed by atoms with van der Waals surface area (Å²) in [6.45, 7) is 6.51. The molecule has 1 aromatic carbocycles. The molecule has 1 aliphatic heterocycles. The second kappa shape index (κ2) is 6.82. The van der Waals surface area contributed by atoms with Crippen molar-refractivity contribution in [2.75, 3.05) is 20.1 Å². The number of hydrogen-bond acceptors (Lipinski definition) is 4. The first kappa shape index (κ1) is 17.2. The smallest absolute Gasteiger partial charge is 0.239 e. The highest BCUT2D eigenvalue weighted by atomic mass is 32.1. The number of carbonyl (C=O) groups is 1. The van der Waals surface area contributed by atoms with Gasteiger partial charge in [-0.05, 0) is 42.5 Å². The number of carbonyl (C=O) groups excluding carboxylic acids is 1. The van der Waals surface area contributed by atoms with Gasteiger partial charge in [0.25, 0.3) is 0 Å². The van der Waals surface area contributed by atoms with Gasteiger partial charge in [-0.15, -0.1) is 11.3 Å². The summed E-state index contributed by atoms with van der Waals surface area (Å²) < 4.78 is 0. The highest BCUT2D eigenvalue weighted by molar-refractivity contribution is 7.13. The molecule has 2 aromatic heterocycles. The summed E-state index contributed by atoms with van der Waals surface area (Å²) in [6.07, 6.45) is 0. The molecule has 4 rings (SSSR count). The zero-order valence-electron chi connectivity index (χ0n) is 15.4. The molecule has 0 aliphatic carbocycles. The Morgan fingerprint density at radius 3 is 2.85 bits per heavy atom. The first-order valence-electron chi connectivity index (χ1n) is 8.97. The second-order valence-corrected chi connectivity index (χ2v) is 7.97. The largest absolute Gasteiger partial charge is 0.343 e. The average Bonchev–Trinajstić information content (AvgIpc) is 3.16. The Balaban J connectivity index is 1.78. The highest BCUT2D eigenvalue weighted by Crippen LogP contribution is 2.31. The highest BCUT2D eigenvalue weighted by Gasteiger charge is 2.30. The fourth-order valence-electron chi connectivity index (χ4n) is 3.63. The van der Waals surface area contributed by atoms with E-state index in [-0.39, 0.29) is 11.9 Å². The van der Waals surface area contributed by atoms with Crippen molar-refractivity contribution >= 4 is 28.1 Å². The Labute approximate surface area is 158 Å². The lowest BCUT2D eigenvalue weighted by atomic mass is 10.0. The van der Waals surface area contributed by atoms with Crippen molar-refractivity contribution in [2.45, 2.75) is 26.4 Å². The van der Waals surface area contributed by atoms with E-state index in [9.17, 15) is 4.79 Å². The van der Waals surface area contributed by atoms with E-state index < -0.39 is 0 Å². The molecule has 3 aromatic rings. The van der Waals surface area contributed by atoms with Crippen molar-refractivity contribution in [3.63, 3.8) is 0 Å². The Bertz CT molecular complexity index is 951. The van der Waals surface area contributed by atoms with E-state index in [0.29, 0.717) is 0 Å². The number of aromatic nitrogens is 1. The average molecular weight is 366 g/mol. The van der Waals surface area contributed by atoms with Crippen LogP contribution in [0.15, 0.2) is 41.8 Å². The predicted octanol–water partition coefficient (Wildman–Crippen LogP) is 3.93. The van der Waals surface area contributed by atoms with E-state index in [0.717, 1.165) is 36.2 Å². The van der Waals surface area contributed by atoms with Crippen molar-refractivity contribution in [3.8, 4) is 10.6 Å². The van der Waals surface area contributed by atoms with Crippen LogP contribution in [0.3, 0.4) is 0 Å². The first-order valence-corrected chi connectivity index (χ1v) is 9.84. The Hall–Kier alpha value is -2.24. The summed E-state index contributed by atoms with van der Waals surface area (Å²) in [7, 11) is 1.88. The van der Waals surface area contributed by atoms with Gasteiger partial charge in [0, 0.05) is 32.1 Å². The normalized spacial score (nSPS) is 18.7. The third kappa shape index (κ3) is 3.02. The second-order valence-electron chi connectivity index (χ2n) is 7.03. The fraction of sp³-hybridized carbons (Fsp3) is 0.333. The van der Waals surface area contributed by atoms with Gasteiger partial charge >= 0.3 is 0 Å². The van der Waals surface area contributed by atoms with Crippen LogP contribution < -0.4 is 0 Å². The van der Waals surface area contributed by atoms with E-state index in [1.807, 2.05) is 18.9 Å². The number of para-hydroxylation sites is 1. The number of aryl methyl sites for hydroxylation is 1. The molecule has 1 atom stereocenters. The number of thiophene rings is 1. The van der Waals surface area contributed by atoms with Crippen LogP contribution in [0.4, 0.5) is 0 Å². The maximum Gasteiger partial charge on any atom is 0.239 e. The van der Waals surface area contributed by atoms with E-state index in [4.69, 9.17) is 4.98 Å². The monoisotopic (exact) mass is 365 g/mol. The van der Waals surface area contributed by atoms with Crippen LogP contribution >= 0.6 is 11.3 Å². The molecule has 0 unspecified atom stereocenters. The van der Waals surface area contributed by atoms with Crippen LogP contribution in [0.1, 0.15) is 18.1 Å². The molecular formula is C21H23N3OS. The third-order valence-corrected chi connectivity index (χ3v) is 6.14. The van der Waals surface area contributed by atoms with Crippen LogP contribution in [-0.2, 0) is 11.3 Å². The minimum Gasteiger partial charge on any atom is -0.343 e. The van der Waals surface area contributed by atoms with E-state index in [1.165, 1.54) is 16.0 Å². The lowest BCUT2D eigenvalue weighted by Crippen LogP contribution is -2.53. The molecule has 0 radical (unpaired) electrons. The maximum absolute atomic E-state index is 12.4. The van der Waals surface area contributed by atoms with Crippen molar-refractivity contribution in [2.24, 2.45) is 0 Å². The number of benzene rings is 1. The van der Waals surface area contributed by atoms with Gasteiger partial charge in [-0.25, -0.2) is 4.98 Å². The van der Waals surface area contributed by atoms with Crippen molar-refractivity contribution in [1.82, 2.24) is 14.8 Å². The van der Waals surface area contributed by atoms with Gasteiger partial charge < -0.3 is 4.90 Å². The number of likely N-dealkylation sites (N-methyl/N-ethyl adjacent to an activating group) is 1. The molecule has 1 saturated heterocycles. The summed E-state index contributed by atoms with van der Waals surface area (Å²) in [4.78, 5) is 22.7. The van der Waals surface area contributed by atoms with E-state index in [2.05, 4.69) is 53.6 Å². The zero-order chi connectivity index (χ0) is 18.3. The quantitative estimate of drug-likeness (QED) is 0.705. The molecule has 0 bridgehead atoms. The number of hydrogen-bond donors (Lipinski definition) is 0. The van der Waals surface area contributed by atoms with Crippen molar-refractivity contribution in [3.05, 3.63) is 52.9 Å². The minimum absolute atomic E-state index is 0.0989. The molecule has 1 fully saturated rings. The van der Waals surface area contributed by atoms with Gasteiger partial charge in [0.2, 0.25) is 5.91 Å². The van der Waals surface area contributed by atoms with Gasteiger partial charge in [0.15, 0.2) is 0 Å². The Morgan fingerprint density at radius 2 is 2.08 bits per heavy atom. The van der Waals surface area contributed by atoms with Crippen LogP contribution in [0.25, 0.3) is 21.5 Å². The topological polar surface area (TPSA) is 36.4 Å². The van der Waals surface area contributed by atoms with Crippen LogP contribution in [0.2, 0.25) is 0 Å². The Kier molecular flexibility index (Phi) is 4.51. The van der Waals surface area contributed by atoms with Crippen molar-refractivity contribution < 1.29 is 4.79 Å². The summed E-state index contributed by atoms with van der Waals surface area (Å²) in [5, 5.41) is 3.25.